The number of hydrogen-bond donors (Lipinski definition) is 0. The summed E-state index contributed by atoms with van der Waals surface area (Å²) < 4.78 is 32.8. The number of benzene rings is 1. The van der Waals surface area contributed by atoms with Crippen LogP contribution in [0.2, 0.25) is 0 Å². The van der Waals surface area contributed by atoms with Gasteiger partial charge in [-0.1, -0.05) is 18.2 Å². The van der Waals surface area contributed by atoms with Crippen LogP contribution in [0.25, 0.3) is 0 Å². The maximum absolute atomic E-state index is 13.1. The van der Waals surface area contributed by atoms with E-state index in [0.717, 1.165) is 4.88 Å². The number of nitriles is 1. The first-order chi connectivity index (χ1) is 11.6. The number of rotatable bonds is 6. The van der Waals surface area contributed by atoms with Crippen molar-refractivity contribution in [2.24, 2.45) is 0 Å². The predicted octanol–water partition coefficient (Wildman–Crippen LogP) is 3.60. The fourth-order valence-electron chi connectivity index (χ4n) is 2.30. The minimum Gasteiger partial charge on any atom is -0.468 e. The van der Waals surface area contributed by atoms with Crippen molar-refractivity contribution < 1.29 is 12.8 Å². The van der Waals surface area contributed by atoms with Gasteiger partial charge in [0.05, 0.1) is 23.3 Å². The molecule has 2 aromatic heterocycles. The Morgan fingerprint density at radius 2 is 1.92 bits per heavy atom. The molecule has 0 aliphatic heterocycles. The molecule has 0 spiro atoms. The SMILES string of the molecule is N#Cc1ccccc1S(=O)(=O)N(Cc1ccco1)Cc1cccs1. The van der Waals surface area contributed by atoms with Gasteiger partial charge in [0.25, 0.3) is 0 Å². The Morgan fingerprint density at radius 1 is 1.08 bits per heavy atom. The van der Waals surface area contributed by atoms with E-state index in [1.54, 1.807) is 24.3 Å². The first-order valence-electron chi connectivity index (χ1n) is 7.15. The van der Waals surface area contributed by atoms with E-state index in [1.807, 2.05) is 23.6 Å². The molecule has 0 aliphatic carbocycles. The molecule has 24 heavy (non-hydrogen) atoms. The molecule has 3 rings (SSSR count). The Labute approximate surface area is 144 Å². The van der Waals surface area contributed by atoms with Gasteiger partial charge in [-0.3, -0.25) is 0 Å². The molecule has 5 nitrogen and oxygen atoms in total. The van der Waals surface area contributed by atoms with Gasteiger partial charge >= 0.3 is 0 Å². The van der Waals surface area contributed by atoms with Crippen molar-refractivity contribution >= 4 is 21.4 Å². The highest BCUT2D eigenvalue weighted by molar-refractivity contribution is 7.89. The molecule has 0 fully saturated rings. The Morgan fingerprint density at radius 3 is 2.58 bits per heavy atom. The molecular weight excluding hydrogens is 344 g/mol. The van der Waals surface area contributed by atoms with E-state index in [9.17, 15) is 13.7 Å². The van der Waals surface area contributed by atoms with Crippen molar-refractivity contribution in [2.75, 3.05) is 0 Å². The lowest BCUT2D eigenvalue weighted by Crippen LogP contribution is -2.30. The zero-order valence-electron chi connectivity index (χ0n) is 12.6. The van der Waals surface area contributed by atoms with Crippen LogP contribution in [0.5, 0.6) is 0 Å². The van der Waals surface area contributed by atoms with Crippen LogP contribution in [0.4, 0.5) is 0 Å². The molecule has 7 heteroatoms. The van der Waals surface area contributed by atoms with Gasteiger partial charge in [0.1, 0.15) is 11.8 Å². The van der Waals surface area contributed by atoms with Gasteiger partial charge in [-0.2, -0.15) is 9.57 Å². The van der Waals surface area contributed by atoms with Gasteiger partial charge in [0.15, 0.2) is 0 Å². The quantitative estimate of drug-likeness (QED) is 0.675. The van der Waals surface area contributed by atoms with E-state index in [4.69, 9.17) is 4.42 Å². The highest BCUT2D eigenvalue weighted by Crippen LogP contribution is 2.25. The Hall–Kier alpha value is -2.40. The highest BCUT2D eigenvalue weighted by Gasteiger charge is 2.28. The molecule has 0 atom stereocenters. The average molecular weight is 358 g/mol. The zero-order valence-corrected chi connectivity index (χ0v) is 14.3. The average Bonchev–Trinajstić information content (AvgIpc) is 3.28. The molecule has 122 valence electrons. The van der Waals surface area contributed by atoms with Crippen LogP contribution < -0.4 is 0 Å². The van der Waals surface area contributed by atoms with E-state index in [2.05, 4.69) is 0 Å². The van der Waals surface area contributed by atoms with E-state index in [-0.39, 0.29) is 23.5 Å². The Balaban J connectivity index is 2.01. The smallest absolute Gasteiger partial charge is 0.245 e. The normalized spacial score (nSPS) is 11.5. The summed E-state index contributed by atoms with van der Waals surface area (Å²) in [5.74, 6) is 0.546. The standard InChI is InChI=1S/C17H14N2O3S2/c18-11-14-5-1-2-8-17(14)24(20,21)19(12-15-6-3-9-22-15)13-16-7-4-10-23-16/h1-10H,12-13H2. The van der Waals surface area contributed by atoms with Crippen LogP contribution in [0.15, 0.2) is 69.5 Å². The van der Waals surface area contributed by atoms with Crippen molar-refractivity contribution in [1.82, 2.24) is 4.31 Å². The molecule has 0 saturated heterocycles. The van der Waals surface area contributed by atoms with Gasteiger partial charge in [-0.15, -0.1) is 11.3 Å². The minimum atomic E-state index is -3.84. The molecule has 0 unspecified atom stereocenters. The third kappa shape index (κ3) is 3.41. The fourth-order valence-corrected chi connectivity index (χ4v) is 4.63. The predicted molar refractivity (Wildman–Crippen MR) is 90.6 cm³/mol. The van der Waals surface area contributed by atoms with Gasteiger partial charge in [-0.05, 0) is 35.7 Å². The Kier molecular flexibility index (Phi) is 4.81. The fraction of sp³-hybridized carbons (Fsp3) is 0.118. The molecule has 1 aromatic carbocycles. The molecule has 3 aromatic rings. The first-order valence-corrected chi connectivity index (χ1v) is 9.47. The van der Waals surface area contributed by atoms with Crippen molar-refractivity contribution in [1.29, 1.82) is 5.26 Å². The number of hydrogen-bond acceptors (Lipinski definition) is 5. The third-order valence-corrected chi connectivity index (χ3v) is 6.16. The van der Waals surface area contributed by atoms with Crippen molar-refractivity contribution in [3.05, 3.63) is 76.4 Å². The number of furan rings is 1. The molecule has 0 N–H and O–H groups in total. The second-order valence-electron chi connectivity index (χ2n) is 5.04. The minimum absolute atomic E-state index is 0.00983. The molecule has 0 aliphatic rings. The lowest BCUT2D eigenvalue weighted by atomic mass is 10.2. The van der Waals surface area contributed by atoms with Gasteiger partial charge in [0.2, 0.25) is 10.0 Å². The Bertz CT molecular complexity index is 904. The number of thiophene rings is 1. The van der Waals surface area contributed by atoms with Crippen molar-refractivity contribution in [3.8, 4) is 6.07 Å². The second kappa shape index (κ2) is 7.01. The first kappa shape index (κ1) is 16.5. The van der Waals surface area contributed by atoms with Crippen LogP contribution in [0.1, 0.15) is 16.2 Å². The van der Waals surface area contributed by atoms with Crippen LogP contribution in [0, 0.1) is 11.3 Å². The molecule has 0 amide bonds. The second-order valence-corrected chi connectivity index (χ2v) is 7.98. The highest BCUT2D eigenvalue weighted by atomic mass is 32.2. The van der Waals surface area contributed by atoms with Crippen LogP contribution in [-0.4, -0.2) is 12.7 Å². The van der Waals surface area contributed by atoms with Gasteiger partial charge in [-0.25, -0.2) is 8.42 Å². The number of nitrogens with zero attached hydrogens (tertiary/aromatic N) is 2. The lowest BCUT2D eigenvalue weighted by Gasteiger charge is -2.21. The monoisotopic (exact) mass is 358 g/mol. The summed E-state index contributed by atoms with van der Waals surface area (Å²) in [4.78, 5) is 0.926. The summed E-state index contributed by atoms with van der Waals surface area (Å²) in [7, 11) is -3.84. The van der Waals surface area contributed by atoms with E-state index >= 15 is 0 Å². The van der Waals surface area contributed by atoms with Gasteiger partial charge < -0.3 is 4.42 Å². The lowest BCUT2D eigenvalue weighted by molar-refractivity contribution is 0.360. The topological polar surface area (TPSA) is 74.3 Å². The van der Waals surface area contributed by atoms with E-state index in [0.29, 0.717) is 5.76 Å². The molecular formula is C17H14N2O3S2. The summed E-state index contributed by atoms with van der Waals surface area (Å²) >= 11 is 1.48. The molecule has 0 bridgehead atoms. The third-order valence-electron chi connectivity index (χ3n) is 3.45. The molecule has 2 heterocycles. The maximum Gasteiger partial charge on any atom is 0.245 e. The van der Waals surface area contributed by atoms with E-state index < -0.39 is 10.0 Å². The summed E-state index contributed by atoms with van der Waals surface area (Å²) in [6.45, 7) is 0.327. The van der Waals surface area contributed by atoms with E-state index in [1.165, 1.54) is 34.0 Å². The molecule has 0 radical (unpaired) electrons. The summed E-state index contributed by atoms with van der Waals surface area (Å²) in [5.41, 5.74) is 0.133. The van der Waals surface area contributed by atoms with Crippen LogP contribution in [0.3, 0.4) is 0 Å². The maximum atomic E-state index is 13.1. The summed E-state index contributed by atoms with van der Waals surface area (Å²) in [6.07, 6.45) is 1.51. The number of sulfonamides is 1. The summed E-state index contributed by atoms with van der Waals surface area (Å²) in [5, 5.41) is 11.1. The largest absolute Gasteiger partial charge is 0.468 e. The van der Waals surface area contributed by atoms with Gasteiger partial charge in [0, 0.05) is 11.4 Å². The van der Waals surface area contributed by atoms with Crippen molar-refractivity contribution in [3.63, 3.8) is 0 Å². The van der Waals surface area contributed by atoms with Crippen molar-refractivity contribution in [2.45, 2.75) is 18.0 Å². The van der Waals surface area contributed by atoms with Crippen LogP contribution >= 0.6 is 11.3 Å². The zero-order chi connectivity index (χ0) is 17.0. The molecule has 0 saturated carbocycles. The summed E-state index contributed by atoms with van der Waals surface area (Å²) in [6, 6.07) is 15.4. The van der Waals surface area contributed by atoms with Crippen LogP contribution in [-0.2, 0) is 23.1 Å².